The molecule has 1 aromatic heterocycles. The van der Waals surface area contributed by atoms with Gasteiger partial charge in [-0.05, 0) is 42.5 Å². The summed E-state index contributed by atoms with van der Waals surface area (Å²) in [5.74, 6) is 5.54. The first-order chi connectivity index (χ1) is 13.0. The van der Waals surface area contributed by atoms with Crippen LogP contribution < -0.4 is 5.73 Å². The molecule has 27 heavy (non-hydrogen) atoms. The van der Waals surface area contributed by atoms with Crippen LogP contribution in [0.5, 0.6) is 5.75 Å². The molecule has 0 radical (unpaired) electrons. The molecule has 0 saturated carbocycles. The minimum atomic E-state index is -0.501. The van der Waals surface area contributed by atoms with Crippen LogP contribution in [-0.4, -0.2) is 32.5 Å². The summed E-state index contributed by atoms with van der Waals surface area (Å²) in [6, 6.07) is 11.3. The zero-order chi connectivity index (χ0) is 19.4. The number of hydrogen-bond donors (Lipinski definition) is 3. The Labute approximate surface area is 160 Å². The second-order valence-electron chi connectivity index (χ2n) is 5.73. The highest BCUT2D eigenvalue weighted by Gasteiger charge is 2.14. The van der Waals surface area contributed by atoms with Gasteiger partial charge in [0.25, 0.3) is 0 Å². The van der Waals surface area contributed by atoms with Gasteiger partial charge in [-0.3, -0.25) is 9.48 Å². The molecule has 4 N–H and O–H groups in total. The van der Waals surface area contributed by atoms with Crippen LogP contribution in [0.4, 0.5) is 0 Å². The maximum atomic E-state index is 11.1. The molecule has 1 amide bonds. The van der Waals surface area contributed by atoms with E-state index in [4.69, 9.17) is 22.4 Å². The fraction of sp³-hybridized carbons (Fsp3) is 0.100. The van der Waals surface area contributed by atoms with Gasteiger partial charge in [-0.1, -0.05) is 23.4 Å². The number of aliphatic hydroxyl groups excluding tert-OH is 1. The molecule has 0 spiro atoms. The van der Waals surface area contributed by atoms with E-state index in [1.165, 1.54) is 6.07 Å². The fourth-order valence-corrected chi connectivity index (χ4v) is 2.66. The Kier molecular flexibility index (Phi) is 5.46. The summed E-state index contributed by atoms with van der Waals surface area (Å²) in [6.07, 6.45) is 1.69. The Morgan fingerprint density at radius 3 is 2.59 bits per heavy atom. The average Bonchev–Trinajstić information content (AvgIpc) is 3.05. The number of phenols is 1. The number of nitrogens with zero attached hydrogens (tertiary/aromatic N) is 2. The average molecular weight is 382 g/mol. The Morgan fingerprint density at radius 2 is 1.93 bits per heavy atom. The van der Waals surface area contributed by atoms with Crippen molar-refractivity contribution in [1.82, 2.24) is 9.78 Å². The van der Waals surface area contributed by atoms with Gasteiger partial charge < -0.3 is 15.9 Å². The van der Waals surface area contributed by atoms with Crippen molar-refractivity contribution in [3.8, 4) is 28.8 Å². The summed E-state index contributed by atoms with van der Waals surface area (Å²) in [7, 11) is 0. The first kappa shape index (κ1) is 18.5. The summed E-state index contributed by atoms with van der Waals surface area (Å²) >= 11 is 6.04. The first-order valence-corrected chi connectivity index (χ1v) is 8.45. The number of rotatable bonds is 4. The zero-order valence-corrected chi connectivity index (χ0v) is 14.9. The van der Waals surface area contributed by atoms with Gasteiger partial charge in [0.2, 0.25) is 5.91 Å². The van der Waals surface area contributed by atoms with Crippen molar-refractivity contribution in [2.75, 3.05) is 6.61 Å². The molecule has 0 atom stereocenters. The van der Waals surface area contributed by atoms with Gasteiger partial charge in [-0.25, -0.2) is 0 Å². The van der Waals surface area contributed by atoms with Crippen molar-refractivity contribution in [2.45, 2.75) is 6.54 Å². The summed E-state index contributed by atoms with van der Waals surface area (Å²) in [4.78, 5) is 11.1. The van der Waals surface area contributed by atoms with E-state index in [0.717, 1.165) is 0 Å². The number of aromatic hydroxyl groups is 1. The molecular weight excluding hydrogens is 366 g/mol. The van der Waals surface area contributed by atoms with E-state index in [-0.39, 0.29) is 12.4 Å². The fourth-order valence-electron chi connectivity index (χ4n) is 2.48. The van der Waals surface area contributed by atoms with Crippen LogP contribution in [0.15, 0.2) is 48.7 Å². The topological polar surface area (TPSA) is 101 Å². The van der Waals surface area contributed by atoms with Gasteiger partial charge in [-0.15, -0.1) is 0 Å². The molecule has 0 bridgehead atoms. The highest BCUT2D eigenvalue weighted by Crippen LogP contribution is 2.32. The maximum Gasteiger partial charge on any atom is 0.248 e. The number of phenolic OH excluding ortho intramolecular Hbond substituents is 1. The van der Waals surface area contributed by atoms with Crippen LogP contribution in [0.1, 0.15) is 21.5 Å². The minimum absolute atomic E-state index is 0.0301. The quantitative estimate of drug-likeness (QED) is 0.604. The molecule has 3 rings (SSSR count). The van der Waals surface area contributed by atoms with E-state index >= 15 is 0 Å². The molecule has 1 heterocycles. The summed E-state index contributed by atoms with van der Waals surface area (Å²) in [5, 5.41) is 24.2. The van der Waals surface area contributed by atoms with Gasteiger partial charge >= 0.3 is 0 Å². The Balaban J connectivity index is 2.02. The lowest BCUT2D eigenvalue weighted by Gasteiger charge is -2.03. The first-order valence-electron chi connectivity index (χ1n) is 8.07. The summed E-state index contributed by atoms with van der Waals surface area (Å²) in [5.41, 5.74) is 7.81. The second kappa shape index (κ2) is 7.96. The monoisotopic (exact) mass is 381 g/mol. The van der Waals surface area contributed by atoms with E-state index in [1.807, 2.05) is 0 Å². The number of carbonyl (C=O) groups is 1. The Hall–Kier alpha value is -3.27. The van der Waals surface area contributed by atoms with Crippen LogP contribution in [0.25, 0.3) is 11.3 Å². The molecule has 136 valence electrons. The van der Waals surface area contributed by atoms with Gasteiger partial charge in [0.15, 0.2) is 0 Å². The van der Waals surface area contributed by atoms with Gasteiger partial charge in [0, 0.05) is 27.9 Å². The van der Waals surface area contributed by atoms with Crippen molar-refractivity contribution >= 4 is 17.5 Å². The smallest absolute Gasteiger partial charge is 0.248 e. The summed E-state index contributed by atoms with van der Waals surface area (Å²) in [6.45, 7) is 0.216. The number of amides is 1. The molecule has 0 fully saturated rings. The predicted octanol–water partition coefficient (Wildman–Crippen LogP) is 2.40. The van der Waals surface area contributed by atoms with Crippen molar-refractivity contribution in [3.63, 3.8) is 0 Å². The molecular formula is C20H16ClN3O3. The van der Waals surface area contributed by atoms with Crippen molar-refractivity contribution < 1.29 is 15.0 Å². The third-order valence-corrected chi connectivity index (χ3v) is 4.05. The molecule has 0 unspecified atom stereocenters. The summed E-state index contributed by atoms with van der Waals surface area (Å²) < 4.78 is 1.55. The normalized spacial score (nSPS) is 10.3. The lowest BCUT2D eigenvalue weighted by atomic mass is 10.1. The lowest BCUT2D eigenvalue weighted by molar-refractivity contribution is 0.100. The molecule has 0 aliphatic carbocycles. The largest absolute Gasteiger partial charge is 0.507 e. The molecule has 6 nitrogen and oxygen atoms in total. The molecule has 2 aromatic carbocycles. The highest BCUT2D eigenvalue weighted by atomic mass is 35.5. The van der Waals surface area contributed by atoms with E-state index in [2.05, 4.69) is 16.9 Å². The number of halogens is 1. The predicted molar refractivity (Wildman–Crippen MR) is 102 cm³/mol. The van der Waals surface area contributed by atoms with E-state index < -0.39 is 5.91 Å². The third-order valence-electron chi connectivity index (χ3n) is 3.82. The van der Waals surface area contributed by atoms with Gasteiger partial charge in [-0.2, -0.15) is 5.10 Å². The number of nitrogens with two attached hydrogens (primary N) is 1. The number of benzene rings is 2. The van der Waals surface area contributed by atoms with Crippen LogP contribution in [0.3, 0.4) is 0 Å². The Bertz CT molecular complexity index is 1050. The number of aliphatic hydroxyl groups is 1. The Morgan fingerprint density at radius 1 is 1.19 bits per heavy atom. The van der Waals surface area contributed by atoms with Crippen molar-refractivity contribution in [1.29, 1.82) is 0 Å². The molecule has 3 aromatic rings. The maximum absolute atomic E-state index is 11.1. The van der Waals surface area contributed by atoms with Crippen molar-refractivity contribution in [2.24, 2.45) is 5.73 Å². The number of carbonyl (C=O) groups excluding carboxylic acids is 1. The van der Waals surface area contributed by atoms with Crippen LogP contribution in [0, 0.1) is 11.8 Å². The SMILES string of the molecule is NC(=O)c1ccc(C#Cc2cn(CCO)nc2-c2cc(Cl)ccc2O)cc1. The molecule has 0 aliphatic heterocycles. The number of aromatic nitrogens is 2. The molecule has 0 aliphatic rings. The molecule has 0 saturated heterocycles. The van der Waals surface area contributed by atoms with E-state index in [0.29, 0.717) is 39.5 Å². The van der Waals surface area contributed by atoms with E-state index in [1.54, 1.807) is 47.3 Å². The molecule has 7 heteroatoms. The van der Waals surface area contributed by atoms with Crippen LogP contribution in [-0.2, 0) is 6.54 Å². The van der Waals surface area contributed by atoms with Gasteiger partial charge in [0.05, 0.1) is 18.7 Å². The van der Waals surface area contributed by atoms with Gasteiger partial charge in [0.1, 0.15) is 11.4 Å². The van der Waals surface area contributed by atoms with Crippen LogP contribution in [0.2, 0.25) is 5.02 Å². The number of hydrogen-bond acceptors (Lipinski definition) is 4. The third kappa shape index (κ3) is 4.29. The zero-order valence-electron chi connectivity index (χ0n) is 14.2. The standard InChI is InChI=1S/C20H16ClN3O3/c21-16-7-8-18(26)17(11-16)19-15(12-24(23-19)9-10-25)6-3-13-1-4-14(5-2-13)20(22)27/h1-2,4-5,7-8,11-12,25-26H,9-10H2,(H2,22,27). The van der Waals surface area contributed by atoms with Crippen molar-refractivity contribution in [3.05, 3.63) is 70.4 Å². The van der Waals surface area contributed by atoms with E-state index in [9.17, 15) is 9.90 Å². The minimum Gasteiger partial charge on any atom is -0.507 e. The highest BCUT2D eigenvalue weighted by molar-refractivity contribution is 6.31. The lowest BCUT2D eigenvalue weighted by Crippen LogP contribution is -2.10. The van der Waals surface area contributed by atoms with Crippen LogP contribution >= 0.6 is 11.6 Å². The number of primary amides is 1. The second-order valence-corrected chi connectivity index (χ2v) is 6.17.